The molecular weight excluding hydrogens is 318 g/mol. The molecule has 1 heterocycles. The summed E-state index contributed by atoms with van der Waals surface area (Å²) in [5.74, 6) is 10.0. The molecule has 1 aromatic heterocycles. The molecule has 0 atom stereocenters. The van der Waals surface area contributed by atoms with Crippen molar-refractivity contribution < 1.29 is 0 Å². The fraction of sp³-hybridized carbons (Fsp3) is 0.652. The second-order valence-corrected chi connectivity index (χ2v) is 13.6. The zero-order valence-electron chi connectivity index (χ0n) is 17.2. The largest absolute Gasteiger partial charge is 0.367 e. The molecule has 2 heteroatoms. The normalized spacial score (nSPS) is 11.4. The third-order valence-corrected chi connectivity index (χ3v) is 11.7. The van der Waals surface area contributed by atoms with E-state index in [1.54, 1.807) is 0 Å². The van der Waals surface area contributed by atoms with Gasteiger partial charge in [0.1, 0.15) is 8.07 Å². The summed E-state index contributed by atoms with van der Waals surface area (Å²) < 4.78 is 0. The first-order chi connectivity index (χ1) is 11.9. The zero-order valence-corrected chi connectivity index (χ0v) is 18.2. The van der Waals surface area contributed by atoms with E-state index in [-0.39, 0.29) is 0 Å². The van der Waals surface area contributed by atoms with E-state index in [9.17, 15) is 0 Å². The fourth-order valence-corrected chi connectivity index (χ4v) is 9.29. The van der Waals surface area contributed by atoms with Gasteiger partial charge in [0, 0.05) is 30.8 Å². The Hall–Kier alpha value is -1.38. The molecule has 0 fully saturated rings. The molecule has 0 aliphatic rings. The molecule has 1 rings (SSSR count). The summed E-state index contributed by atoms with van der Waals surface area (Å²) in [6.07, 6.45) is 10.9. The monoisotopic (exact) mass is 355 g/mol. The maximum atomic E-state index is 3.82. The van der Waals surface area contributed by atoms with Gasteiger partial charge < -0.3 is 4.98 Å². The first kappa shape index (κ1) is 21.7. The summed E-state index contributed by atoms with van der Waals surface area (Å²) in [7, 11) is -1.52. The summed E-state index contributed by atoms with van der Waals surface area (Å²) in [5.41, 5.74) is 7.11. The summed E-state index contributed by atoms with van der Waals surface area (Å²) in [6.45, 7) is 14.3. The van der Waals surface area contributed by atoms with Gasteiger partial charge in [-0.05, 0) is 35.5 Å². The molecule has 0 saturated carbocycles. The average Bonchev–Trinajstić information content (AvgIpc) is 3.05. The molecule has 25 heavy (non-hydrogen) atoms. The van der Waals surface area contributed by atoms with Crippen LogP contribution in [0.15, 0.2) is 18.5 Å². The molecule has 0 aromatic carbocycles. The summed E-state index contributed by atoms with van der Waals surface area (Å²) in [5, 5.41) is 0. The van der Waals surface area contributed by atoms with Gasteiger partial charge in [-0.15, -0.1) is 11.5 Å². The molecule has 1 N–H and O–H groups in total. The quantitative estimate of drug-likeness (QED) is 0.296. The lowest BCUT2D eigenvalue weighted by Gasteiger charge is -2.38. The van der Waals surface area contributed by atoms with Gasteiger partial charge in [0.25, 0.3) is 0 Å². The molecule has 1 nitrogen and oxygen atoms in total. The van der Waals surface area contributed by atoms with Crippen LogP contribution in [0.1, 0.15) is 85.6 Å². The molecule has 0 spiro atoms. The molecule has 0 bridgehead atoms. The van der Waals surface area contributed by atoms with Crippen LogP contribution in [0.25, 0.3) is 0 Å². The topological polar surface area (TPSA) is 15.8 Å². The van der Waals surface area contributed by atoms with Gasteiger partial charge in [-0.3, -0.25) is 0 Å². The summed E-state index contributed by atoms with van der Waals surface area (Å²) in [4.78, 5) is 3.03. The standard InChI is InChI=1S/C23H37NSi/c1-20(2)25(21(3)4,22(5)6)18-14-12-10-8-7-9-11-13-15-23-16-17-24-19-23/h16-17,19-22,24H,7-12H2,1-6H3. The number of hydrogen-bond donors (Lipinski definition) is 1. The van der Waals surface area contributed by atoms with E-state index >= 15 is 0 Å². The molecule has 0 amide bonds. The highest BCUT2D eigenvalue weighted by Gasteiger charge is 2.41. The van der Waals surface area contributed by atoms with Gasteiger partial charge >= 0.3 is 0 Å². The smallest absolute Gasteiger partial charge is 0.145 e. The van der Waals surface area contributed by atoms with Crippen LogP contribution in [0.4, 0.5) is 0 Å². The molecule has 0 aliphatic carbocycles. The van der Waals surface area contributed by atoms with Crippen molar-refractivity contribution in [2.45, 2.75) is 96.7 Å². The van der Waals surface area contributed by atoms with Crippen LogP contribution in [0.2, 0.25) is 16.6 Å². The van der Waals surface area contributed by atoms with E-state index in [2.05, 4.69) is 69.8 Å². The minimum absolute atomic E-state index is 0.735. The number of hydrogen-bond acceptors (Lipinski definition) is 0. The molecule has 0 aliphatic heterocycles. The van der Waals surface area contributed by atoms with Gasteiger partial charge in [0.05, 0.1) is 0 Å². The molecule has 0 unspecified atom stereocenters. The number of aromatic amines is 1. The lowest BCUT2D eigenvalue weighted by atomic mass is 10.1. The van der Waals surface area contributed by atoms with E-state index in [0.717, 1.165) is 35.0 Å². The van der Waals surface area contributed by atoms with Crippen molar-refractivity contribution in [2.24, 2.45) is 0 Å². The Kier molecular flexibility index (Phi) is 9.77. The number of aromatic nitrogens is 1. The lowest BCUT2D eigenvalue weighted by Crippen LogP contribution is -2.43. The third-order valence-electron chi connectivity index (χ3n) is 5.36. The maximum Gasteiger partial charge on any atom is 0.145 e. The van der Waals surface area contributed by atoms with E-state index < -0.39 is 8.07 Å². The van der Waals surface area contributed by atoms with Crippen molar-refractivity contribution in [2.75, 3.05) is 0 Å². The highest BCUT2D eigenvalue weighted by atomic mass is 28.3. The van der Waals surface area contributed by atoms with Crippen molar-refractivity contribution in [3.05, 3.63) is 24.0 Å². The molecule has 0 saturated heterocycles. The predicted octanol–water partition coefficient (Wildman–Crippen LogP) is 6.93. The van der Waals surface area contributed by atoms with Crippen molar-refractivity contribution >= 4 is 8.07 Å². The van der Waals surface area contributed by atoms with E-state index in [4.69, 9.17) is 0 Å². The molecule has 0 radical (unpaired) electrons. The van der Waals surface area contributed by atoms with E-state index in [0.29, 0.717) is 0 Å². The van der Waals surface area contributed by atoms with Crippen LogP contribution in [0.3, 0.4) is 0 Å². The molecule has 1 aromatic rings. The van der Waals surface area contributed by atoms with Gasteiger partial charge in [-0.2, -0.15) is 0 Å². The van der Waals surface area contributed by atoms with Crippen molar-refractivity contribution in [1.29, 1.82) is 0 Å². The molecular formula is C23H37NSi. The fourth-order valence-electron chi connectivity index (χ4n) is 4.00. The van der Waals surface area contributed by atoms with Gasteiger partial charge in [-0.25, -0.2) is 0 Å². The van der Waals surface area contributed by atoms with Crippen LogP contribution in [-0.2, 0) is 0 Å². The number of rotatable bonds is 8. The summed E-state index contributed by atoms with van der Waals surface area (Å²) in [6, 6.07) is 2.01. The Morgan fingerprint density at radius 2 is 1.40 bits per heavy atom. The Bertz CT molecular complexity index is 566. The minimum atomic E-state index is -1.52. The SMILES string of the molecule is CC(C)[Si](C#CCCCCCCC#Cc1cc[nH]c1)(C(C)C)C(C)C. The highest BCUT2D eigenvalue weighted by Crippen LogP contribution is 2.40. The number of nitrogens with one attached hydrogen (secondary N) is 1. The number of unbranched alkanes of at least 4 members (excludes halogenated alkanes) is 5. The van der Waals surface area contributed by atoms with Gasteiger partial charge in [-0.1, -0.05) is 66.2 Å². The Labute approximate surface area is 157 Å². The van der Waals surface area contributed by atoms with Crippen LogP contribution in [0.5, 0.6) is 0 Å². The van der Waals surface area contributed by atoms with Crippen LogP contribution >= 0.6 is 0 Å². The summed E-state index contributed by atoms with van der Waals surface area (Å²) >= 11 is 0. The Morgan fingerprint density at radius 3 is 1.88 bits per heavy atom. The zero-order chi connectivity index (χ0) is 18.7. The Morgan fingerprint density at radius 1 is 0.840 bits per heavy atom. The highest BCUT2D eigenvalue weighted by molar-refractivity contribution is 6.90. The van der Waals surface area contributed by atoms with Crippen molar-refractivity contribution in [1.82, 2.24) is 4.98 Å². The van der Waals surface area contributed by atoms with E-state index in [1.807, 2.05) is 18.5 Å². The van der Waals surface area contributed by atoms with Crippen molar-refractivity contribution in [3.63, 3.8) is 0 Å². The van der Waals surface area contributed by atoms with Crippen LogP contribution in [0, 0.1) is 23.3 Å². The third kappa shape index (κ3) is 6.79. The Balaban J connectivity index is 2.29. The van der Waals surface area contributed by atoms with E-state index in [1.165, 1.54) is 25.7 Å². The predicted molar refractivity (Wildman–Crippen MR) is 114 cm³/mol. The second kappa shape index (κ2) is 11.3. The molecule has 138 valence electrons. The van der Waals surface area contributed by atoms with Gasteiger partial charge in [0.15, 0.2) is 0 Å². The lowest BCUT2D eigenvalue weighted by molar-refractivity contribution is 0.661. The van der Waals surface area contributed by atoms with Gasteiger partial charge in [0.2, 0.25) is 0 Å². The second-order valence-electron chi connectivity index (χ2n) is 8.01. The van der Waals surface area contributed by atoms with Crippen LogP contribution < -0.4 is 0 Å². The maximum absolute atomic E-state index is 3.82. The first-order valence-electron chi connectivity index (χ1n) is 10.0. The van der Waals surface area contributed by atoms with Crippen molar-refractivity contribution in [3.8, 4) is 23.3 Å². The van der Waals surface area contributed by atoms with Crippen LogP contribution in [-0.4, -0.2) is 13.1 Å². The number of H-pyrrole nitrogens is 1. The minimum Gasteiger partial charge on any atom is -0.367 e. The first-order valence-corrected chi connectivity index (χ1v) is 12.3. The average molecular weight is 356 g/mol.